The third kappa shape index (κ3) is 2.89. The van der Waals surface area contributed by atoms with E-state index in [9.17, 15) is 4.79 Å². The van der Waals surface area contributed by atoms with Crippen molar-refractivity contribution in [2.75, 3.05) is 6.54 Å². The van der Waals surface area contributed by atoms with E-state index in [-0.39, 0.29) is 5.91 Å². The lowest BCUT2D eigenvalue weighted by atomic mass is 10.2. The SMILES string of the molecule is CCCNC(=O)CCn1c(=S)[nH]c2c(C#N)cccc21. The Hall–Kier alpha value is -2.13. The molecule has 6 heteroatoms. The molecule has 0 saturated heterocycles. The maximum absolute atomic E-state index is 11.6. The van der Waals surface area contributed by atoms with Gasteiger partial charge in [-0.25, -0.2) is 0 Å². The van der Waals surface area contributed by atoms with Crippen LogP contribution in [0.2, 0.25) is 0 Å². The zero-order valence-electron chi connectivity index (χ0n) is 11.3. The number of aromatic amines is 1. The Morgan fingerprint density at radius 3 is 3.05 bits per heavy atom. The third-order valence-corrected chi connectivity index (χ3v) is 3.39. The number of rotatable bonds is 5. The van der Waals surface area contributed by atoms with E-state index in [2.05, 4.69) is 16.4 Å². The highest BCUT2D eigenvalue weighted by Crippen LogP contribution is 2.18. The van der Waals surface area contributed by atoms with Gasteiger partial charge in [-0.2, -0.15) is 5.26 Å². The average Bonchev–Trinajstić information content (AvgIpc) is 2.78. The van der Waals surface area contributed by atoms with Gasteiger partial charge in [0.2, 0.25) is 5.91 Å². The molecule has 104 valence electrons. The van der Waals surface area contributed by atoms with E-state index in [4.69, 9.17) is 17.5 Å². The van der Waals surface area contributed by atoms with Gasteiger partial charge >= 0.3 is 0 Å². The van der Waals surface area contributed by atoms with E-state index in [1.807, 2.05) is 23.6 Å². The average molecular weight is 288 g/mol. The Balaban J connectivity index is 2.23. The van der Waals surface area contributed by atoms with Crippen LogP contribution in [0, 0.1) is 16.1 Å². The van der Waals surface area contributed by atoms with Crippen molar-refractivity contribution >= 4 is 29.2 Å². The smallest absolute Gasteiger partial charge is 0.221 e. The number of fused-ring (bicyclic) bond motifs is 1. The molecular formula is C14H16N4OS. The van der Waals surface area contributed by atoms with E-state index in [0.29, 0.717) is 29.8 Å². The fourth-order valence-corrected chi connectivity index (χ4v) is 2.35. The third-order valence-electron chi connectivity index (χ3n) is 3.07. The minimum absolute atomic E-state index is 0.0135. The lowest BCUT2D eigenvalue weighted by Crippen LogP contribution is -2.25. The van der Waals surface area contributed by atoms with Gasteiger partial charge in [-0.3, -0.25) is 4.79 Å². The lowest BCUT2D eigenvalue weighted by Gasteiger charge is -2.05. The van der Waals surface area contributed by atoms with Crippen molar-refractivity contribution in [3.8, 4) is 6.07 Å². The second kappa shape index (κ2) is 6.35. The lowest BCUT2D eigenvalue weighted by molar-refractivity contribution is -0.121. The number of imidazole rings is 1. The molecule has 0 unspecified atom stereocenters. The number of carbonyl (C=O) groups excluding carboxylic acids is 1. The van der Waals surface area contributed by atoms with Crippen molar-refractivity contribution in [1.82, 2.24) is 14.9 Å². The summed E-state index contributed by atoms with van der Waals surface area (Å²) in [4.78, 5) is 14.7. The molecular weight excluding hydrogens is 272 g/mol. The normalized spacial score (nSPS) is 10.4. The molecule has 0 atom stereocenters. The molecule has 1 heterocycles. The summed E-state index contributed by atoms with van der Waals surface area (Å²) in [6, 6.07) is 7.59. The molecule has 20 heavy (non-hydrogen) atoms. The fourth-order valence-electron chi connectivity index (χ4n) is 2.06. The van der Waals surface area contributed by atoms with Crippen LogP contribution in [-0.2, 0) is 11.3 Å². The second-order valence-corrected chi connectivity index (χ2v) is 4.88. The Bertz CT molecular complexity index is 723. The van der Waals surface area contributed by atoms with Crippen molar-refractivity contribution in [1.29, 1.82) is 5.26 Å². The summed E-state index contributed by atoms with van der Waals surface area (Å²) < 4.78 is 2.39. The van der Waals surface area contributed by atoms with Crippen LogP contribution in [0.15, 0.2) is 18.2 Å². The molecule has 1 aromatic heterocycles. The molecule has 0 bridgehead atoms. The van der Waals surface area contributed by atoms with E-state index in [0.717, 1.165) is 17.5 Å². The highest BCUT2D eigenvalue weighted by molar-refractivity contribution is 7.71. The van der Waals surface area contributed by atoms with Gasteiger partial charge < -0.3 is 14.9 Å². The number of amides is 1. The number of aromatic nitrogens is 2. The van der Waals surface area contributed by atoms with Crippen LogP contribution in [0.1, 0.15) is 25.3 Å². The fraction of sp³-hybridized carbons (Fsp3) is 0.357. The number of nitrogens with zero attached hydrogens (tertiary/aromatic N) is 2. The highest BCUT2D eigenvalue weighted by Gasteiger charge is 2.09. The molecule has 0 aliphatic rings. The molecule has 0 fully saturated rings. The molecule has 0 radical (unpaired) electrons. The summed E-state index contributed by atoms with van der Waals surface area (Å²) in [7, 11) is 0. The first kappa shape index (κ1) is 14.3. The molecule has 0 spiro atoms. The highest BCUT2D eigenvalue weighted by atomic mass is 32.1. The number of H-pyrrole nitrogens is 1. The van der Waals surface area contributed by atoms with Crippen LogP contribution in [0.4, 0.5) is 0 Å². The van der Waals surface area contributed by atoms with Crippen molar-refractivity contribution in [2.24, 2.45) is 0 Å². The maximum atomic E-state index is 11.6. The van der Waals surface area contributed by atoms with E-state index in [1.165, 1.54) is 0 Å². The molecule has 2 rings (SSSR count). The molecule has 0 aliphatic carbocycles. The number of carbonyl (C=O) groups is 1. The first-order valence-corrected chi connectivity index (χ1v) is 6.96. The van der Waals surface area contributed by atoms with Crippen molar-refractivity contribution in [3.63, 3.8) is 0 Å². The van der Waals surface area contributed by atoms with Gasteiger partial charge in [0.25, 0.3) is 0 Å². The van der Waals surface area contributed by atoms with Crippen molar-refractivity contribution < 1.29 is 4.79 Å². The largest absolute Gasteiger partial charge is 0.356 e. The molecule has 2 aromatic rings. The summed E-state index contributed by atoms with van der Waals surface area (Å²) >= 11 is 5.27. The van der Waals surface area contributed by atoms with Gasteiger partial charge in [0.05, 0.1) is 16.6 Å². The molecule has 1 aromatic carbocycles. The predicted molar refractivity (Wildman–Crippen MR) is 79.8 cm³/mol. The Morgan fingerprint density at radius 1 is 1.55 bits per heavy atom. The van der Waals surface area contributed by atoms with Crippen LogP contribution in [0.5, 0.6) is 0 Å². The van der Waals surface area contributed by atoms with Gasteiger partial charge in [-0.05, 0) is 30.8 Å². The number of hydrogen-bond acceptors (Lipinski definition) is 3. The zero-order chi connectivity index (χ0) is 14.5. The summed E-state index contributed by atoms with van der Waals surface area (Å²) in [5.74, 6) is 0.0135. The monoisotopic (exact) mass is 288 g/mol. The summed E-state index contributed by atoms with van der Waals surface area (Å²) in [6.07, 6.45) is 1.29. The van der Waals surface area contributed by atoms with Crippen LogP contribution in [0.3, 0.4) is 0 Å². The standard InChI is InChI=1S/C14H16N4OS/c1-2-7-16-12(19)6-8-18-11-5-3-4-10(9-15)13(11)17-14(18)20/h3-5H,2,6-8H2,1H3,(H,16,19)(H,17,20). The summed E-state index contributed by atoms with van der Waals surface area (Å²) in [5.41, 5.74) is 2.15. The van der Waals surface area contributed by atoms with Gasteiger partial charge in [-0.15, -0.1) is 0 Å². The number of para-hydroxylation sites is 1. The minimum Gasteiger partial charge on any atom is -0.356 e. The van der Waals surface area contributed by atoms with Crippen LogP contribution < -0.4 is 5.32 Å². The van der Waals surface area contributed by atoms with E-state index in [1.54, 1.807) is 6.07 Å². The Labute approximate surface area is 122 Å². The molecule has 0 aliphatic heterocycles. The quantitative estimate of drug-likeness (QED) is 0.830. The van der Waals surface area contributed by atoms with Crippen molar-refractivity contribution in [2.45, 2.75) is 26.3 Å². The first-order valence-electron chi connectivity index (χ1n) is 6.55. The van der Waals surface area contributed by atoms with Gasteiger partial charge in [0.15, 0.2) is 4.77 Å². The molecule has 0 saturated carbocycles. The van der Waals surface area contributed by atoms with Gasteiger partial charge in [0.1, 0.15) is 6.07 Å². The van der Waals surface area contributed by atoms with E-state index >= 15 is 0 Å². The number of nitriles is 1. The van der Waals surface area contributed by atoms with Crippen molar-refractivity contribution in [3.05, 3.63) is 28.5 Å². The topological polar surface area (TPSA) is 73.6 Å². The molecule has 5 nitrogen and oxygen atoms in total. The maximum Gasteiger partial charge on any atom is 0.221 e. The summed E-state index contributed by atoms with van der Waals surface area (Å²) in [5, 5.41) is 11.9. The zero-order valence-corrected chi connectivity index (χ0v) is 12.1. The van der Waals surface area contributed by atoms with Crippen LogP contribution >= 0.6 is 12.2 Å². The van der Waals surface area contributed by atoms with Gasteiger partial charge in [0, 0.05) is 19.5 Å². The molecule has 1 amide bonds. The number of hydrogen-bond donors (Lipinski definition) is 2. The minimum atomic E-state index is 0.0135. The number of benzene rings is 1. The van der Waals surface area contributed by atoms with Crippen LogP contribution in [0.25, 0.3) is 11.0 Å². The Morgan fingerprint density at radius 2 is 2.35 bits per heavy atom. The number of nitrogens with one attached hydrogen (secondary N) is 2. The predicted octanol–water partition coefficient (Wildman–Crippen LogP) is 2.49. The van der Waals surface area contributed by atoms with Crippen LogP contribution in [-0.4, -0.2) is 22.0 Å². The Kier molecular flexibility index (Phi) is 4.53. The van der Waals surface area contributed by atoms with Gasteiger partial charge in [-0.1, -0.05) is 13.0 Å². The van der Waals surface area contributed by atoms with E-state index < -0.39 is 0 Å². The summed E-state index contributed by atoms with van der Waals surface area (Å²) in [6.45, 7) is 3.21. The molecule has 2 N–H and O–H groups in total. The number of aryl methyl sites for hydroxylation is 1. The second-order valence-electron chi connectivity index (χ2n) is 4.49. The first-order chi connectivity index (χ1) is 9.67.